The highest BCUT2D eigenvalue weighted by Crippen LogP contribution is 2.20. The lowest BCUT2D eigenvalue weighted by Gasteiger charge is -2.12. The molecule has 0 amide bonds. The fourth-order valence-electron chi connectivity index (χ4n) is 1.91. The number of ketones is 1. The lowest BCUT2D eigenvalue weighted by atomic mass is 10.00. The second-order valence-corrected chi connectivity index (χ2v) is 4.87. The highest BCUT2D eigenvalue weighted by atomic mass is 16.5. The third kappa shape index (κ3) is 3.45. The Kier molecular flexibility index (Phi) is 4.53. The monoisotopic (exact) mass is 270 g/mol. The minimum atomic E-state index is -1.13. The number of Topliss-reactive ketones (excluding diaryl/α,β-unsaturated/α-hetero) is 1. The highest BCUT2D eigenvalue weighted by molar-refractivity contribution is 5.99. The molecule has 2 aromatic carbocycles. The third-order valence-electron chi connectivity index (χ3n) is 2.87. The normalized spacial score (nSPS) is 12.2. The van der Waals surface area contributed by atoms with Crippen molar-refractivity contribution in [3.63, 3.8) is 0 Å². The molecular formula is C17H18O3. The summed E-state index contributed by atoms with van der Waals surface area (Å²) in [5.41, 5.74) is 1.07. The van der Waals surface area contributed by atoms with Crippen LogP contribution in [0.15, 0.2) is 54.6 Å². The Bertz CT molecular complexity index is 559. The van der Waals surface area contributed by atoms with Crippen LogP contribution in [-0.4, -0.2) is 17.0 Å². The van der Waals surface area contributed by atoms with Gasteiger partial charge in [-0.2, -0.15) is 0 Å². The number of carbonyl (C=O) groups is 1. The van der Waals surface area contributed by atoms with Crippen LogP contribution < -0.4 is 4.74 Å². The van der Waals surface area contributed by atoms with Gasteiger partial charge in [-0.05, 0) is 43.7 Å². The summed E-state index contributed by atoms with van der Waals surface area (Å²) in [7, 11) is 0. The number of aliphatic hydroxyl groups is 1. The average molecular weight is 270 g/mol. The van der Waals surface area contributed by atoms with Crippen molar-refractivity contribution >= 4 is 5.78 Å². The molecule has 20 heavy (non-hydrogen) atoms. The van der Waals surface area contributed by atoms with E-state index in [2.05, 4.69) is 0 Å². The van der Waals surface area contributed by atoms with E-state index in [1.807, 2.05) is 19.9 Å². The molecule has 0 fully saturated rings. The first-order valence-corrected chi connectivity index (χ1v) is 6.62. The van der Waals surface area contributed by atoms with Gasteiger partial charge in [-0.3, -0.25) is 4.79 Å². The van der Waals surface area contributed by atoms with Crippen molar-refractivity contribution in [3.8, 4) is 5.75 Å². The Morgan fingerprint density at radius 3 is 2.15 bits per heavy atom. The van der Waals surface area contributed by atoms with E-state index in [1.54, 1.807) is 48.5 Å². The number of rotatable bonds is 5. The van der Waals surface area contributed by atoms with Gasteiger partial charge < -0.3 is 9.84 Å². The number of hydrogen-bond acceptors (Lipinski definition) is 3. The van der Waals surface area contributed by atoms with Gasteiger partial charge in [0.15, 0.2) is 5.78 Å². The zero-order chi connectivity index (χ0) is 14.5. The largest absolute Gasteiger partial charge is 0.491 e. The van der Waals surface area contributed by atoms with Crippen molar-refractivity contribution in [2.75, 3.05) is 0 Å². The molecule has 2 rings (SSSR count). The van der Waals surface area contributed by atoms with Gasteiger partial charge in [-0.15, -0.1) is 0 Å². The van der Waals surface area contributed by atoms with Gasteiger partial charge in [0.05, 0.1) is 6.10 Å². The standard InChI is InChI=1S/C17H18O3/c1-12(2)20-15-10-8-14(9-11-15)17(19)16(18)13-6-4-3-5-7-13/h3-12,16,18H,1-2H3. The molecule has 0 aromatic heterocycles. The first-order chi connectivity index (χ1) is 9.58. The van der Waals surface area contributed by atoms with E-state index in [9.17, 15) is 9.90 Å². The van der Waals surface area contributed by atoms with Crippen LogP contribution in [0.25, 0.3) is 0 Å². The Balaban J connectivity index is 2.13. The van der Waals surface area contributed by atoms with Crippen LogP contribution in [0, 0.1) is 0 Å². The lowest BCUT2D eigenvalue weighted by Crippen LogP contribution is -2.12. The molecule has 0 aliphatic carbocycles. The average Bonchev–Trinajstić information content (AvgIpc) is 2.47. The zero-order valence-electron chi connectivity index (χ0n) is 11.6. The second-order valence-electron chi connectivity index (χ2n) is 4.87. The molecule has 0 aliphatic rings. The highest BCUT2D eigenvalue weighted by Gasteiger charge is 2.18. The summed E-state index contributed by atoms with van der Waals surface area (Å²) < 4.78 is 5.52. The predicted octanol–water partition coefficient (Wildman–Crippen LogP) is 3.39. The third-order valence-corrected chi connectivity index (χ3v) is 2.87. The molecule has 3 heteroatoms. The van der Waals surface area contributed by atoms with E-state index in [0.717, 1.165) is 0 Å². The summed E-state index contributed by atoms with van der Waals surface area (Å²) in [5.74, 6) is 0.401. The molecule has 1 unspecified atom stereocenters. The van der Waals surface area contributed by atoms with Crippen LogP contribution in [0.2, 0.25) is 0 Å². The first kappa shape index (κ1) is 14.3. The summed E-state index contributed by atoms with van der Waals surface area (Å²) >= 11 is 0. The van der Waals surface area contributed by atoms with E-state index in [1.165, 1.54) is 0 Å². The van der Waals surface area contributed by atoms with Gasteiger partial charge in [0.1, 0.15) is 11.9 Å². The van der Waals surface area contributed by atoms with Gasteiger partial charge in [0.25, 0.3) is 0 Å². The van der Waals surface area contributed by atoms with Crippen molar-refractivity contribution in [2.45, 2.75) is 26.1 Å². The van der Waals surface area contributed by atoms with E-state index >= 15 is 0 Å². The van der Waals surface area contributed by atoms with E-state index < -0.39 is 6.10 Å². The number of aliphatic hydroxyl groups excluding tert-OH is 1. The molecule has 0 heterocycles. The van der Waals surface area contributed by atoms with E-state index in [0.29, 0.717) is 16.9 Å². The number of carbonyl (C=O) groups excluding carboxylic acids is 1. The van der Waals surface area contributed by atoms with Gasteiger partial charge in [-0.25, -0.2) is 0 Å². The maximum atomic E-state index is 12.2. The molecule has 0 radical (unpaired) electrons. The van der Waals surface area contributed by atoms with Crippen LogP contribution in [-0.2, 0) is 0 Å². The van der Waals surface area contributed by atoms with Crippen LogP contribution >= 0.6 is 0 Å². The van der Waals surface area contributed by atoms with Gasteiger partial charge in [-0.1, -0.05) is 30.3 Å². The second kappa shape index (κ2) is 6.35. The summed E-state index contributed by atoms with van der Waals surface area (Å²) in [5, 5.41) is 10.1. The SMILES string of the molecule is CC(C)Oc1ccc(C(=O)C(O)c2ccccc2)cc1. The quantitative estimate of drug-likeness (QED) is 0.847. The Morgan fingerprint density at radius 2 is 1.60 bits per heavy atom. The minimum Gasteiger partial charge on any atom is -0.491 e. The molecule has 1 atom stereocenters. The van der Waals surface area contributed by atoms with Crippen molar-refractivity contribution in [2.24, 2.45) is 0 Å². The maximum Gasteiger partial charge on any atom is 0.195 e. The molecule has 0 saturated carbocycles. The summed E-state index contributed by atoms with van der Waals surface area (Å²) in [6.07, 6.45) is -1.04. The van der Waals surface area contributed by atoms with Crippen LogP contribution in [0.5, 0.6) is 5.75 Å². The van der Waals surface area contributed by atoms with Crippen LogP contribution in [0.1, 0.15) is 35.9 Å². The molecule has 3 nitrogen and oxygen atoms in total. The molecule has 0 spiro atoms. The Morgan fingerprint density at radius 1 is 1.00 bits per heavy atom. The van der Waals surface area contributed by atoms with Crippen molar-refractivity contribution in [1.29, 1.82) is 0 Å². The fourth-order valence-corrected chi connectivity index (χ4v) is 1.91. The summed E-state index contributed by atoms with van der Waals surface area (Å²) in [6, 6.07) is 15.7. The predicted molar refractivity (Wildman–Crippen MR) is 77.9 cm³/mol. The van der Waals surface area contributed by atoms with Gasteiger partial charge in [0, 0.05) is 5.56 Å². The molecule has 2 aromatic rings. The van der Waals surface area contributed by atoms with Crippen molar-refractivity contribution < 1.29 is 14.6 Å². The molecule has 0 aliphatic heterocycles. The van der Waals surface area contributed by atoms with E-state index in [-0.39, 0.29) is 11.9 Å². The molecule has 104 valence electrons. The zero-order valence-corrected chi connectivity index (χ0v) is 11.6. The topological polar surface area (TPSA) is 46.5 Å². The molecular weight excluding hydrogens is 252 g/mol. The first-order valence-electron chi connectivity index (χ1n) is 6.62. The van der Waals surface area contributed by atoms with Gasteiger partial charge in [0.2, 0.25) is 0 Å². The summed E-state index contributed by atoms with van der Waals surface area (Å²) in [6.45, 7) is 3.89. The lowest BCUT2D eigenvalue weighted by molar-refractivity contribution is 0.0747. The number of benzene rings is 2. The number of ether oxygens (including phenoxy) is 1. The molecule has 0 bridgehead atoms. The van der Waals surface area contributed by atoms with Gasteiger partial charge >= 0.3 is 0 Å². The van der Waals surface area contributed by atoms with Crippen molar-refractivity contribution in [3.05, 3.63) is 65.7 Å². The van der Waals surface area contributed by atoms with E-state index in [4.69, 9.17) is 4.74 Å². The Labute approximate surface area is 118 Å². The van der Waals surface area contributed by atoms with Crippen LogP contribution in [0.4, 0.5) is 0 Å². The molecule has 1 N–H and O–H groups in total. The minimum absolute atomic E-state index is 0.0893. The summed E-state index contributed by atoms with van der Waals surface area (Å²) in [4.78, 5) is 12.2. The maximum absolute atomic E-state index is 12.2. The van der Waals surface area contributed by atoms with Crippen molar-refractivity contribution in [1.82, 2.24) is 0 Å². The smallest absolute Gasteiger partial charge is 0.195 e. The van der Waals surface area contributed by atoms with Crippen LogP contribution in [0.3, 0.4) is 0 Å². The molecule has 0 saturated heterocycles. The fraction of sp³-hybridized carbons (Fsp3) is 0.235. The number of hydrogen-bond donors (Lipinski definition) is 1. The Hall–Kier alpha value is -2.13.